The number of aliphatic hydroxyl groups is 1. The van der Waals surface area contributed by atoms with Gasteiger partial charge in [-0.15, -0.1) is 0 Å². The molecule has 2 aliphatic carbocycles. The monoisotopic (exact) mass is 400 g/mol. The Morgan fingerprint density at radius 1 is 1.17 bits per heavy atom. The van der Waals surface area contributed by atoms with Gasteiger partial charge < -0.3 is 5.11 Å². The van der Waals surface area contributed by atoms with Crippen LogP contribution in [0.5, 0.6) is 0 Å². The largest absolute Gasteiger partial charge is 0.392 e. The zero-order valence-corrected chi connectivity index (χ0v) is 17.3. The van der Waals surface area contributed by atoms with Crippen molar-refractivity contribution >= 4 is 11.9 Å². The quantitative estimate of drug-likeness (QED) is 0.521. The summed E-state index contributed by atoms with van der Waals surface area (Å²) in [7, 11) is 0. The minimum atomic E-state index is -0.452. The minimum absolute atomic E-state index is 0.0111. The molecule has 3 heteroatoms. The number of allylic oxidation sites excluding steroid dienone is 2. The summed E-state index contributed by atoms with van der Waals surface area (Å²) in [6.45, 7) is 4.11. The highest BCUT2D eigenvalue weighted by Gasteiger charge is 2.48. The number of ketones is 1. The molecular weight excluding hydrogens is 375 g/mol. The third kappa shape index (κ3) is 3.64. The standard InChI is InChI=1S/C27H25FO2/c1-18-24(25(29)17-22-10-6-12-26(30)27(18,22)2)16-21-9-4-3-8-20(21)14-13-19-7-5-11-23(28)15-19/h3-5,7-9,11,15-18,26,30H,6,10,12H2,1-2H3/t18-,26-,27-/m0/s1. The zero-order chi connectivity index (χ0) is 21.3. The number of benzene rings is 2. The van der Waals surface area contributed by atoms with E-state index in [4.69, 9.17) is 0 Å². The van der Waals surface area contributed by atoms with Crippen molar-refractivity contribution in [2.75, 3.05) is 0 Å². The summed E-state index contributed by atoms with van der Waals surface area (Å²) in [6, 6.07) is 13.8. The lowest BCUT2D eigenvalue weighted by molar-refractivity contribution is -0.113. The van der Waals surface area contributed by atoms with Gasteiger partial charge in [0, 0.05) is 22.1 Å². The number of hydrogen-bond acceptors (Lipinski definition) is 2. The maximum absolute atomic E-state index is 13.4. The molecule has 0 spiro atoms. The first kappa shape index (κ1) is 20.3. The van der Waals surface area contributed by atoms with Gasteiger partial charge in [-0.05, 0) is 67.2 Å². The summed E-state index contributed by atoms with van der Waals surface area (Å²) in [6.07, 6.45) is 5.73. The zero-order valence-electron chi connectivity index (χ0n) is 17.3. The third-order valence-electron chi connectivity index (χ3n) is 6.70. The van der Waals surface area contributed by atoms with Gasteiger partial charge in [-0.2, -0.15) is 0 Å². The first-order chi connectivity index (χ1) is 14.4. The van der Waals surface area contributed by atoms with Crippen LogP contribution in [0.2, 0.25) is 0 Å². The molecular formula is C27H25FO2. The van der Waals surface area contributed by atoms with Crippen LogP contribution in [0.25, 0.3) is 6.08 Å². The molecule has 3 atom stereocenters. The first-order valence-corrected chi connectivity index (χ1v) is 10.4. The van der Waals surface area contributed by atoms with Gasteiger partial charge in [-0.3, -0.25) is 4.79 Å². The summed E-state index contributed by atoms with van der Waals surface area (Å²) in [5, 5.41) is 10.8. The van der Waals surface area contributed by atoms with E-state index < -0.39 is 11.5 Å². The van der Waals surface area contributed by atoms with E-state index in [0.29, 0.717) is 11.1 Å². The van der Waals surface area contributed by atoms with Crippen molar-refractivity contribution in [1.82, 2.24) is 0 Å². The molecule has 0 heterocycles. The topological polar surface area (TPSA) is 37.3 Å². The predicted octanol–water partition coefficient (Wildman–Crippen LogP) is 5.31. The molecule has 0 bridgehead atoms. The van der Waals surface area contributed by atoms with Crippen molar-refractivity contribution < 1.29 is 14.3 Å². The summed E-state index contributed by atoms with van der Waals surface area (Å²) >= 11 is 0. The van der Waals surface area contributed by atoms with Gasteiger partial charge in [-0.1, -0.05) is 55.5 Å². The summed E-state index contributed by atoms with van der Waals surface area (Å²) in [4.78, 5) is 12.9. The van der Waals surface area contributed by atoms with Crippen LogP contribution < -0.4 is 0 Å². The molecule has 2 aromatic carbocycles. The molecule has 1 N–H and O–H groups in total. The average Bonchev–Trinajstić information content (AvgIpc) is 2.73. The Morgan fingerprint density at radius 3 is 2.77 bits per heavy atom. The third-order valence-corrected chi connectivity index (χ3v) is 6.70. The predicted molar refractivity (Wildman–Crippen MR) is 117 cm³/mol. The molecule has 0 unspecified atom stereocenters. The van der Waals surface area contributed by atoms with Crippen LogP contribution in [0, 0.1) is 29.0 Å². The van der Waals surface area contributed by atoms with E-state index in [9.17, 15) is 14.3 Å². The lowest BCUT2D eigenvalue weighted by Gasteiger charge is -2.48. The second-order valence-electron chi connectivity index (χ2n) is 8.39. The highest BCUT2D eigenvalue weighted by molar-refractivity contribution is 6.09. The fourth-order valence-electron chi connectivity index (χ4n) is 4.65. The van der Waals surface area contributed by atoms with E-state index in [1.54, 1.807) is 18.2 Å². The van der Waals surface area contributed by atoms with Gasteiger partial charge in [0.05, 0.1) is 6.10 Å². The van der Waals surface area contributed by atoms with E-state index in [-0.39, 0.29) is 17.5 Å². The Bertz CT molecular complexity index is 1110. The van der Waals surface area contributed by atoms with Gasteiger partial charge in [0.1, 0.15) is 5.82 Å². The van der Waals surface area contributed by atoms with Crippen molar-refractivity contribution in [2.45, 2.75) is 39.2 Å². The number of rotatable bonds is 1. The Balaban J connectivity index is 1.74. The highest BCUT2D eigenvalue weighted by Crippen LogP contribution is 2.51. The number of carbonyl (C=O) groups excluding carboxylic acids is 1. The first-order valence-electron chi connectivity index (χ1n) is 10.4. The summed E-state index contributed by atoms with van der Waals surface area (Å²) in [5.74, 6) is 5.72. The van der Waals surface area contributed by atoms with Crippen LogP contribution in [-0.4, -0.2) is 17.0 Å². The molecule has 2 aromatic rings. The van der Waals surface area contributed by atoms with Crippen molar-refractivity contribution in [3.05, 3.63) is 88.3 Å². The molecule has 1 saturated carbocycles. The van der Waals surface area contributed by atoms with Gasteiger partial charge in [-0.25, -0.2) is 4.39 Å². The van der Waals surface area contributed by atoms with Crippen molar-refractivity contribution in [3.8, 4) is 11.8 Å². The Morgan fingerprint density at radius 2 is 1.97 bits per heavy atom. The van der Waals surface area contributed by atoms with Crippen molar-refractivity contribution in [3.63, 3.8) is 0 Å². The number of aliphatic hydroxyl groups excluding tert-OH is 1. The summed E-state index contributed by atoms with van der Waals surface area (Å²) < 4.78 is 13.4. The maximum Gasteiger partial charge on any atom is 0.182 e. The van der Waals surface area contributed by atoms with Crippen LogP contribution >= 0.6 is 0 Å². The van der Waals surface area contributed by atoms with E-state index in [0.717, 1.165) is 36.0 Å². The van der Waals surface area contributed by atoms with Crippen molar-refractivity contribution in [1.29, 1.82) is 0 Å². The van der Waals surface area contributed by atoms with Crippen LogP contribution in [0.4, 0.5) is 4.39 Å². The van der Waals surface area contributed by atoms with Gasteiger partial charge >= 0.3 is 0 Å². The fourth-order valence-corrected chi connectivity index (χ4v) is 4.65. The Hall–Kier alpha value is -2.96. The molecule has 0 aliphatic heterocycles. The van der Waals surface area contributed by atoms with Gasteiger partial charge in [0.25, 0.3) is 0 Å². The van der Waals surface area contributed by atoms with E-state index in [2.05, 4.69) is 18.8 Å². The molecule has 2 nitrogen and oxygen atoms in total. The highest BCUT2D eigenvalue weighted by atomic mass is 19.1. The van der Waals surface area contributed by atoms with Crippen molar-refractivity contribution in [2.24, 2.45) is 11.3 Å². The molecule has 0 radical (unpaired) electrons. The fraction of sp³-hybridized carbons (Fsp3) is 0.296. The molecule has 2 aliphatic rings. The maximum atomic E-state index is 13.4. The lowest BCUT2D eigenvalue weighted by Crippen LogP contribution is -2.46. The molecule has 4 rings (SSSR count). The molecule has 0 amide bonds. The Labute approximate surface area is 177 Å². The molecule has 0 aromatic heterocycles. The second-order valence-corrected chi connectivity index (χ2v) is 8.39. The molecule has 152 valence electrons. The van der Waals surface area contributed by atoms with E-state index in [1.807, 2.05) is 37.3 Å². The van der Waals surface area contributed by atoms with Crippen LogP contribution in [0.15, 0.2) is 65.8 Å². The minimum Gasteiger partial charge on any atom is -0.392 e. The summed E-state index contributed by atoms with van der Waals surface area (Å²) in [5.41, 5.74) is 3.57. The normalized spacial score (nSPS) is 27.1. The average molecular weight is 400 g/mol. The lowest BCUT2D eigenvalue weighted by atomic mass is 9.57. The van der Waals surface area contributed by atoms with Crippen LogP contribution in [-0.2, 0) is 4.79 Å². The van der Waals surface area contributed by atoms with Crippen LogP contribution in [0.1, 0.15) is 49.8 Å². The SMILES string of the molecule is C[C@H]1C(=Cc2ccccc2C#Cc2cccc(F)c2)C(=O)C=C2CCC[C@H](O)[C@]21C. The number of hydrogen-bond donors (Lipinski definition) is 1. The number of halogens is 1. The number of carbonyl (C=O) groups is 1. The molecule has 0 saturated heterocycles. The van der Waals surface area contributed by atoms with Gasteiger partial charge in [0.15, 0.2) is 5.78 Å². The van der Waals surface area contributed by atoms with Gasteiger partial charge in [0.2, 0.25) is 0 Å². The number of fused-ring (bicyclic) bond motifs is 1. The van der Waals surface area contributed by atoms with E-state index >= 15 is 0 Å². The molecule has 1 fully saturated rings. The van der Waals surface area contributed by atoms with Crippen LogP contribution in [0.3, 0.4) is 0 Å². The smallest absolute Gasteiger partial charge is 0.182 e. The second kappa shape index (κ2) is 8.05. The Kier molecular flexibility index (Phi) is 5.45. The molecule has 30 heavy (non-hydrogen) atoms. The van der Waals surface area contributed by atoms with E-state index in [1.165, 1.54) is 12.1 Å².